The SMILES string of the molecule is CC(C)CNC(=S)NCCc1ncn(C)n1. The Morgan fingerprint density at radius 1 is 1.50 bits per heavy atom. The summed E-state index contributed by atoms with van der Waals surface area (Å²) in [5, 5.41) is 11.2. The van der Waals surface area contributed by atoms with E-state index in [0.29, 0.717) is 11.0 Å². The zero-order valence-corrected chi connectivity index (χ0v) is 10.8. The molecule has 1 rings (SSSR count). The van der Waals surface area contributed by atoms with E-state index in [0.717, 1.165) is 25.3 Å². The summed E-state index contributed by atoms with van der Waals surface area (Å²) < 4.78 is 1.70. The summed E-state index contributed by atoms with van der Waals surface area (Å²) in [6, 6.07) is 0. The minimum atomic E-state index is 0.595. The highest BCUT2D eigenvalue weighted by Gasteiger charge is 2.00. The Balaban J connectivity index is 2.13. The van der Waals surface area contributed by atoms with Crippen molar-refractivity contribution in [3.8, 4) is 0 Å². The summed E-state index contributed by atoms with van der Waals surface area (Å²) in [7, 11) is 1.86. The van der Waals surface area contributed by atoms with Crippen LogP contribution in [0.15, 0.2) is 6.33 Å². The number of hydrogen-bond acceptors (Lipinski definition) is 3. The number of nitrogens with one attached hydrogen (secondary N) is 2. The first-order valence-electron chi connectivity index (χ1n) is 5.44. The van der Waals surface area contributed by atoms with Crippen molar-refractivity contribution in [3.05, 3.63) is 12.2 Å². The molecular weight excluding hydrogens is 222 g/mol. The topological polar surface area (TPSA) is 54.8 Å². The van der Waals surface area contributed by atoms with Gasteiger partial charge in [-0.2, -0.15) is 5.10 Å². The van der Waals surface area contributed by atoms with Crippen LogP contribution in [0.4, 0.5) is 0 Å². The van der Waals surface area contributed by atoms with Gasteiger partial charge in [-0.3, -0.25) is 4.68 Å². The van der Waals surface area contributed by atoms with Gasteiger partial charge in [-0.1, -0.05) is 13.8 Å². The van der Waals surface area contributed by atoms with E-state index in [2.05, 4.69) is 34.6 Å². The van der Waals surface area contributed by atoms with Gasteiger partial charge in [0.1, 0.15) is 6.33 Å². The van der Waals surface area contributed by atoms with Crippen molar-refractivity contribution >= 4 is 17.3 Å². The molecule has 5 nitrogen and oxygen atoms in total. The minimum absolute atomic E-state index is 0.595. The average molecular weight is 241 g/mol. The van der Waals surface area contributed by atoms with E-state index in [1.807, 2.05) is 7.05 Å². The minimum Gasteiger partial charge on any atom is -0.362 e. The largest absolute Gasteiger partial charge is 0.362 e. The third kappa shape index (κ3) is 5.06. The molecule has 0 aromatic carbocycles. The van der Waals surface area contributed by atoms with Gasteiger partial charge >= 0.3 is 0 Å². The van der Waals surface area contributed by atoms with Gasteiger partial charge in [-0.25, -0.2) is 4.98 Å². The van der Waals surface area contributed by atoms with Crippen LogP contribution in [0, 0.1) is 5.92 Å². The first-order chi connectivity index (χ1) is 7.58. The molecule has 0 saturated heterocycles. The fourth-order valence-electron chi connectivity index (χ4n) is 1.15. The maximum atomic E-state index is 5.12. The van der Waals surface area contributed by atoms with Crippen LogP contribution in [0.5, 0.6) is 0 Å². The first kappa shape index (κ1) is 12.9. The number of aryl methyl sites for hydroxylation is 1. The fraction of sp³-hybridized carbons (Fsp3) is 0.700. The Bertz CT molecular complexity index is 334. The van der Waals surface area contributed by atoms with Crippen LogP contribution in [0.25, 0.3) is 0 Å². The highest BCUT2D eigenvalue weighted by molar-refractivity contribution is 7.80. The third-order valence-electron chi connectivity index (χ3n) is 1.95. The molecule has 16 heavy (non-hydrogen) atoms. The van der Waals surface area contributed by atoms with Crippen LogP contribution in [-0.4, -0.2) is 33.0 Å². The Morgan fingerprint density at radius 3 is 2.81 bits per heavy atom. The fourth-order valence-corrected chi connectivity index (χ4v) is 1.33. The smallest absolute Gasteiger partial charge is 0.166 e. The molecule has 0 aliphatic heterocycles. The lowest BCUT2D eigenvalue weighted by Gasteiger charge is -2.11. The summed E-state index contributed by atoms with van der Waals surface area (Å²) in [6.07, 6.45) is 2.48. The molecule has 2 N–H and O–H groups in total. The number of hydrogen-bond donors (Lipinski definition) is 2. The van der Waals surface area contributed by atoms with Gasteiger partial charge in [0.2, 0.25) is 0 Å². The quantitative estimate of drug-likeness (QED) is 0.734. The van der Waals surface area contributed by atoms with Gasteiger partial charge in [0.15, 0.2) is 10.9 Å². The zero-order valence-electron chi connectivity index (χ0n) is 10.0. The molecule has 90 valence electrons. The van der Waals surface area contributed by atoms with Crippen LogP contribution < -0.4 is 10.6 Å². The molecule has 0 saturated carbocycles. The molecule has 1 aromatic rings. The Morgan fingerprint density at radius 2 is 2.25 bits per heavy atom. The molecule has 6 heteroatoms. The molecule has 0 fully saturated rings. The number of rotatable bonds is 5. The second-order valence-electron chi connectivity index (χ2n) is 4.12. The van der Waals surface area contributed by atoms with Gasteiger partial charge in [0.25, 0.3) is 0 Å². The van der Waals surface area contributed by atoms with Crippen LogP contribution in [-0.2, 0) is 13.5 Å². The van der Waals surface area contributed by atoms with E-state index < -0.39 is 0 Å². The second-order valence-corrected chi connectivity index (χ2v) is 4.52. The normalized spacial score (nSPS) is 10.5. The predicted octanol–water partition coefficient (Wildman–Crippen LogP) is 0.478. The number of aromatic nitrogens is 3. The van der Waals surface area contributed by atoms with E-state index in [4.69, 9.17) is 12.2 Å². The highest BCUT2D eigenvalue weighted by atomic mass is 32.1. The van der Waals surface area contributed by atoms with Crippen LogP contribution in [0.1, 0.15) is 19.7 Å². The van der Waals surface area contributed by atoms with Crippen LogP contribution >= 0.6 is 12.2 Å². The van der Waals surface area contributed by atoms with E-state index in [9.17, 15) is 0 Å². The Hall–Kier alpha value is -1.17. The Labute approximate surface area is 102 Å². The average Bonchev–Trinajstić information content (AvgIpc) is 2.61. The highest BCUT2D eigenvalue weighted by Crippen LogP contribution is 1.89. The summed E-state index contributed by atoms with van der Waals surface area (Å²) in [5.74, 6) is 1.43. The molecule has 0 radical (unpaired) electrons. The van der Waals surface area contributed by atoms with Crippen molar-refractivity contribution in [2.24, 2.45) is 13.0 Å². The number of nitrogens with zero attached hydrogens (tertiary/aromatic N) is 3. The molecule has 0 atom stereocenters. The van der Waals surface area contributed by atoms with Crippen LogP contribution in [0.3, 0.4) is 0 Å². The maximum absolute atomic E-state index is 5.12. The maximum Gasteiger partial charge on any atom is 0.166 e. The zero-order chi connectivity index (χ0) is 12.0. The molecule has 0 spiro atoms. The van der Waals surface area contributed by atoms with Gasteiger partial charge in [-0.15, -0.1) is 0 Å². The van der Waals surface area contributed by atoms with Gasteiger partial charge < -0.3 is 10.6 Å². The van der Waals surface area contributed by atoms with Gasteiger partial charge in [0, 0.05) is 26.6 Å². The van der Waals surface area contributed by atoms with Crippen molar-refractivity contribution in [1.82, 2.24) is 25.4 Å². The summed E-state index contributed by atoms with van der Waals surface area (Å²) >= 11 is 5.12. The van der Waals surface area contributed by atoms with E-state index in [1.165, 1.54) is 0 Å². The van der Waals surface area contributed by atoms with Gasteiger partial charge in [-0.05, 0) is 18.1 Å². The lowest BCUT2D eigenvalue weighted by atomic mass is 10.2. The predicted molar refractivity (Wildman–Crippen MR) is 68.1 cm³/mol. The monoisotopic (exact) mass is 241 g/mol. The van der Waals surface area contributed by atoms with Crippen molar-refractivity contribution in [1.29, 1.82) is 0 Å². The summed E-state index contributed by atoms with van der Waals surface area (Å²) in [4.78, 5) is 4.14. The molecule has 1 heterocycles. The molecular formula is C10H19N5S. The summed E-state index contributed by atoms with van der Waals surface area (Å²) in [5.41, 5.74) is 0. The lowest BCUT2D eigenvalue weighted by molar-refractivity contribution is 0.618. The molecule has 0 unspecified atom stereocenters. The molecule has 0 aliphatic carbocycles. The van der Waals surface area contributed by atoms with Crippen molar-refractivity contribution in [2.75, 3.05) is 13.1 Å². The van der Waals surface area contributed by atoms with Crippen LogP contribution in [0.2, 0.25) is 0 Å². The molecule has 0 amide bonds. The standard InChI is InChI=1S/C10H19N5S/c1-8(2)6-12-10(16)11-5-4-9-13-7-15(3)14-9/h7-8H,4-6H2,1-3H3,(H2,11,12,16). The number of thiocarbonyl (C=S) groups is 1. The second kappa shape index (κ2) is 6.42. The van der Waals surface area contributed by atoms with E-state index in [-0.39, 0.29) is 0 Å². The first-order valence-corrected chi connectivity index (χ1v) is 5.85. The summed E-state index contributed by atoms with van der Waals surface area (Å²) in [6.45, 7) is 5.95. The van der Waals surface area contributed by atoms with Gasteiger partial charge in [0.05, 0.1) is 0 Å². The molecule has 1 aromatic heterocycles. The van der Waals surface area contributed by atoms with Crippen molar-refractivity contribution in [3.63, 3.8) is 0 Å². The van der Waals surface area contributed by atoms with E-state index in [1.54, 1.807) is 11.0 Å². The third-order valence-corrected chi connectivity index (χ3v) is 2.24. The lowest BCUT2D eigenvalue weighted by Crippen LogP contribution is -2.38. The Kier molecular flexibility index (Phi) is 5.18. The molecule has 0 bridgehead atoms. The van der Waals surface area contributed by atoms with Crippen molar-refractivity contribution in [2.45, 2.75) is 20.3 Å². The molecule has 0 aliphatic rings. The van der Waals surface area contributed by atoms with E-state index >= 15 is 0 Å². The van der Waals surface area contributed by atoms with Crippen molar-refractivity contribution < 1.29 is 0 Å².